The van der Waals surface area contributed by atoms with E-state index in [1.54, 1.807) is 18.2 Å². The molecule has 1 aliphatic carbocycles. The summed E-state index contributed by atoms with van der Waals surface area (Å²) >= 11 is 9.21. The van der Waals surface area contributed by atoms with E-state index in [2.05, 4.69) is 26.4 Å². The summed E-state index contributed by atoms with van der Waals surface area (Å²) < 4.78 is 0.723. The van der Waals surface area contributed by atoms with Crippen molar-refractivity contribution in [3.63, 3.8) is 0 Å². The van der Waals surface area contributed by atoms with Crippen LogP contribution in [0.1, 0.15) is 23.2 Å². The summed E-state index contributed by atoms with van der Waals surface area (Å²) in [6, 6.07) is 4.49. The summed E-state index contributed by atoms with van der Waals surface area (Å²) in [5, 5.41) is 14.9. The maximum atomic E-state index is 12.1. The topological polar surface area (TPSA) is 87.7 Å². The summed E-state index contributed by atoms with van der Waals surface area (Å²) in [5.74, 6) is -0.0253. The van der Waals surface area contributed by atoms with Gasteiger partial charge in [0.05, 0.1) is 11.1 Å². The van der Waals surface area contributed by atoms with Crippen LogP contribution >= 0.6 is 27.5 Å². The average molecular weight is 347 g/mol. The molecule has 1 fully saturated rings. The molecule has 7 heteroatoms. The lowest BCUT2D eigenvalue weighted by Crippen LogP contribution is -2.46. The van der Waals surface area contributed by atoms with Gasteiger partial charge in [-0.25, -0.2) is 0 Å². The Morgan fingerprint density at radius 2 is 2.26 bits per heavy atom. The highest BCUT2D eigenvalue weighted by Crippen LogP contribution is 2.33. The summed E-state index contributed by atoms with van der Waals surface area (Å²) in [6.45, 7) is 0. The number of carbonyl (C=O) groups excluding carboxylic acids is 1. The number of nitrogens with zero attached hydrogens (tertiary/aromatic N) is 1. The molecule has 1 aliphatic rings. The van der Waals surface area contributed by atoms with E-state index in [1.165, 1.54) is 0 Å². The molecule has 0 aliphatic heterocycles. The zero-order valence-electron chi connectivity index (χ0n) is 9.94. The number of nitrogens with two attached hydrogens (primary N) is 1. The fraction of sp³-hybridized carbons (Fsp3) is 0.333. The molecule has 0 heterocycles. The molecule has 19 heavy (non-hydrogen) atoms. The predicted molar refractivity (Wildman–Crippen MR) is 76.5 cm³/mol. The lowest BCUT2D eigenvalue weighted by Gasteiger charge is -2.16. The van der Waals surface area contributed by atoms with Crippen LogP contribution in [-0.2, 0) is 0 Å². The average Bonchev–Trinajstić information content (AvgIpc) is 3.22. The fourth-order valence-corrected chi connectivity index (χ4v) is 2.21. The van der Waals surface area contributed by atoms with Gasteiger partial charge in [0, 0.05) is 10.0 Å². The number of hydrogen-bond acceptors (Lipinski definition) is 3. The van der Waals surface area contributed by atoms with E-state index in [9.17, 15) is 4.79 Å². The van der Waals surface area contributed by atoms with Crippen molar-refractivity contribution >= 4 is 39.3 Å². The third-order valence-corrected chi connectivity index (χ3v) is 4.23. The summed E-state index contributed by atoms with van der Waals surface area (Å²) in [5.41, 5.74) is 6.03. The minimum atomic E-state index is -0.431. The molecule has 1 unspecified atom stereocenters. The van der Waals surface area contributed by atoms with Crippen LogP contribution in [0.15, 0.2) is 27.8 Å². The van der Waals surface area contributed by atoms with Gasteiger partial charge in [0.25, 0.3) is 5.91 Å². The highest BCUT2D eigenvalue weighted by molar-refractivity contribution is 9.10. The van der Waals surface area contributed by atoms with E-state index >= 15 is 0 Å². The maximum Gasteiger partial charge on any atom is 0.251 e. The van der Waals surface area contributed by atoms with Gasteiger partial charge in [-0.3, -0.25) is 4.79 Å². The van der Waals surface area contributed by atoms with Gasteiger partial charge in [0.1, 0.15) is 0 Å². The minimum absolute atomic E-state index is 0.0269. The standard InChI is InChI=1S/C12H13BrClN3O2/c13-8-4-3-7(5-9(8)14)12(18)16-10(6-1-2-6)11(15)17-19/h3-6,10,19H,1-2H2,(H2,15,17)(H,16,18). The molecular weight excluding hydrogens is 334 g/mol. The van der Waals surface area contributed by atoms with E-state index in [0.29, 0.717) is 10.6 Å². The number of halogens is 2. The number of amidine groups is 1. The van der Waals surface area contributed by atoms with E-state index in [4.69, 9.17) is 22.5 Å². The van der Waals surface area contributed by atoms with Crippen LogP contribution < -0.4 is 11.1 Å². The Morgan fingerprint density at radius 3 is 2.79 bits per heavy atom. The Labute approximate surface area is 123 Å². The Kier molecular flexibility index (Phi) is 4.31. The van der Waals surface area contributed by atoms with Crippen LogP contribution in [0.5, 0.6) is 0 Å². The second-order valence-electron chi connectivity index (χ2n) is 4.44. The van der Waals surface area contributed by atoms with E-state index in [1.807, 2.05) is 0 Å². The largest absolute Gasteiger partial charge is 0.409 e. The molecule has 5 nitrogen and oxygen atoms in total. The van der Waals surface area contributed by atoms with Crippen LogP contribution in [-0.4, -0.2) is 23.0 Å². The normalized spacial score (nSPS) is 17.1. The number of carbonyl (C=O) groups is 1. The molecule has 0 spiro atoms. The van der Waals surface area contributed by atoms with Crippen molar-refractivity contribution in [2.75, 3.05) is 0 Å². The first-order valence-electron chi connectivity index (χ1n) is 5.76. The van der Waals surface area contributed by atoms with Gasteiger partial charge in [0.2, 0.25) is 0 Å². The molecule has 1 saturated carbocycles. The number of rotatable bonds is 4. The maximum absolute atomic E-state index is 12.1. The number of nitrogens with one attached hydrogen (secondary N) is 1. The van der Waals surface area contributed by atoms with Crippen LogP contribution in [0.4, 0.5) is 0 Å². The molecule has 1 atom stereocenters. The molecule has 0 saturated heterocycles. The molecule has 0 radical (unpaired) electrons. The van der Waals surface area contributed by atoms with Gasteiger partial charge < -0.3 is 16.3 Å². The van der Waals surface area contributed by atoms with Gasteiger partial charge in [-0.1, -0.05) is 16.8 Å². The third kappa shape index (κ3) is 3.39. The highest BCUT2D eigenvalue weighted by atomic mass is 79.9. The van der Waals surface area contributed by atoms with Gasteiger partial charge in [-0.2, -0.15) is 0 Å². The van der Waals surface area contributed by atoms with Crippen molar-refractivity contribution < 1.29 is 10.0 Å². The number of oxime groups is 1. The first-order valence-corrected chi connectivity index (χ1v) is 6.93. The number of benzene rings is 1. The van der Waals surface area contributed by atoms with Gasteiger partial charge in [-0.05, 0) is 52.9 Å². The molecule has 1 amide bonds. The molecule has 102 valence electrons. The Balaban J connectivity index is 2.12. The molecule has 4 N–H and O–H groups in total. The molecular formula is C12H13BrClN3O2. The lowest BCUT2D eigenvalue weighted by atomic mass is 10.1. The van der Waals surface area contributed by atoms with E-state index < -0.39 is 6.04 Å². The number of amides is 1. The van der Waals surface area contributed by atoms with Crippen molar-refractivity contribution in [2.45, 2.75) is 18.9 Å². The fourth-order valence-electron chi connectivity index (χ4n) is 1.79. The summed E-state index contributed by atoms with van der Waals surface area (Å²) in [4.78, 5) is 12.1. The molecule has 1 aromatic carbocycles. The molecule has 0 bridgehead atoms. The Hall–Kier alpha value is -1.27. The van der Waals surface area contributed by atoms with Crippen molar-refractivity contribution in [1.29, 1.82) is 0 Å². The van der Waals surface area contributed by atoms with Gasteiger partial charge in [0.15, 0.2) is 5.84 Å². The third-order valence-electron chi connectivity index (χ3n) is 3.00. The van der Waals surface area contributed by atoms with Crippen LogP contribution in [0.25, 0.3) is 0 Å². The summed E-state index contributed by atoms with van der Waals surface area (Å²) in [7, 11) is 0. The van der Waals surface area contributed by atoms with Crippen molar-refractivity contribution in [3.05, 3.63) is 33.3 Å². The number of hydrogen-bond donors (Lipinski definition) is 3. The molecule has 1 aromatic rings. The SMILES string of the molecule is N/C(=N/O)C(NC(=O)c1ccc(Br)c(Cl)c1)C1CC1. The smallest absolute Gasteiger partial charge is 0.251 e. The van der Waals surface area contributed by atoms with Crippen molar-refractivity contribution in [2.24, 2.45) is 16.8 Å². The predicted octanol–water partition coefficient (Wildman–Crippen LogP) is 2.36. The monoisotopic (exact) mass is 345 g/mol. The first-order chi connectivity index (χ1) is 9.02. The van der Waals surface area contributed by atoms with Crippen LogP contribution in [0.3, 0.4) is 0 Å². The van der Waals surface area contributed by atoms with Gasteiger partial charge >= 0.3 is 0 Å². The second-order valence-corrected chi connectivity index (χ2v) is 5.70. The van der Waals surface area contributed by atoms with Gasteiger partial charge in [-0.15, -0.1) is 0 Å². The van der Waals surface area contributed by atoms with Crippen molar-refractivity contribution in [3.8, 4) is 0 Å². The summed E-state index contributed by atoms with van der Waals surface area (Å²) in [6.07, 6.45) is 1.92. The Bertz CT molecular complexity index is 532. The zero-order chi connectivity index (χ0) is 14.0. The molecule has 0 aromatic heterocycles. The van der Waals surface area contributed by atoms with Crippen LogP contribution in [0.2, 0.25) is 5.02 Å². The molecule has 2 rings (SSSR count). The minimum Gasteiger partial charge on any atom is -0.409 e. The van der Waals surface area contributed by atoms with E-state index in [0.717, 1.165) is 17.3 Å². The second kappa shape index (κ2) is 5.79. The van der Waals surface area contributed by atoms with E-state index in [-0.39, 0.29) is 17.7 Å². The van der Waals surface area contributed by atoms with Crippen LogP contribution in [0, 0.1) is 5.92 Å². The zero-order valence-corrected chi connectivity index (χ0v) is 12.3. The quantitative estimate of drug-likeness (QED) is 0.338. The Morgan fingerprint density at radius 1 is 1.58 bits per heavy atom. The first kappa shape index (κ1) is 14.1. The lowest BCUT2D eigenvalue weighted by molar-refractivity contribution is 0.0943. The van der Waals surface area contributed by atoms with Crippen molar-refractivity contribution in [1.82, 2.24) is 5.32 Å². The highest BCUT2D eigenvalue weighted by Gasteiger charge is 2.35.